The molecule has 0 bridgehead atoms. The molecule has 0 fully saturated rings. The first-order valence-electron chi connectivity index (χ1n) is 8.98. The van der Waals surface area contributed by atoms with Gasteiger partial charge in [-0.2, -0.15) is 0 Å². The fraction of sp³-hybridized carbons (Fsp3) is 0.190. The average Bonchev–Trinajstić information content (AvgIpc) is 3.15. The summed E-state index contributed by atoms with van der Waals surface area (Å²) in [6.45, 7) is 2.10. The van der Waals surface area contributed by atoms with Crippen molar-refractivity contribution < 1.29 is 14.0 Å². The third kappa shape index (κ3) is 3.66. The van der Waals surface area contributed by atoms with Crippen LogP contribution in [0.2, 0.25) is 0 Å². The topological polar surface area (TPSA) is 71.1 Å². The van der Waals surface area contributed by atoms with Gasteiger partial charge in [-0.05, 0) is 29.7 Å². The van der Waals surface area contributed by atoms with Crippen LogP contribution in [0.25, 0.3) is 11.3 Å². The molecule has 0 radical (unpaired) electrons. The van der Waals surface area contributed by atoms with Gasteiger partial charge < -0.3 is 10.6 Å². The largest absolute Gasteiger partial charge is 0.326 e. The zero-order valence-corrected chi connectivity index (χ0v) is 16.0. The van der Waals surface area contributed by atoms with Crippen LogP contribution in [0.15, 0.2) is 47.8 Å². The van der Waals surface area contributed by atoms with Crippen LogP contribution in [0.4, 0.5) is 15.2 Å². The molecule has 2 amide bonds. The molecule has 2 heterocycles. The number of carbonyl (C=O) groups is 2. The van der Waals surface area contributed by atoms with Gasteiger partial charge in [0.1, 0.15) is 5.82 Å². The van der Waals surface area contributed by atoms with Gasteiger partial charge in [0.05, 0.1) is 11.6 Å². The van der Waals surface area contributed by atoms with E-state index in [0.29, 0.717) is 16.4 Å². The van der Waals surface area contributed by atoms with Crippen LogP contribution >= 0.6 is 11.3 Å². The third-order valence-electron chi connectivity index (χ3n) is 4.76. The number of aromatic nitrogens is 1. The van der Waals surface area contributed by atoms with Crippen molar-refractivity contribution in [2.45, 2.75) is 25.7 Å². The quantitative estimate of drug-likeness (QED) is 0.679. The van der Waals surface area contributed by atoms with Gasteiger partial charge in [-0.25, -0.2) is 9.37 Å². The summed E-state index contributed by atoms with van der Waals surface area (Å²) < 4.78 is 13.4. The lowest BCUT2D eigenvalue weighted by Crippen LogP contribution is -2.30. The van der Waals surface area contributed by atoms with Crippen LogP contribution < -0.4 is 10.6 Å². The second-order valence-electron chi connectivity index (χ2n) is 6.61. The number of hydrogen-bond donors (Lipinski definition) is 2. The summed E-state index contributed by atoms with van der Waals surface area (Å²) in [5.74, 6) is -1.78. The van der Waals surface area contributed by atoms with Gasteiger partial charge in [-0.3, -0.25) is 9.59 Å². The number of rotatable bonds is 4. The van der Waals surface area contributed by atoms with Crippen LogP contribution in [0.5, 0.6) is 0 Å². The highest BCUT2D eigenvalue weighted by molar-refractivity contribution is 7.14. The van der Waals surface area contributed by atoms with Gasteiger partial charge >= 0.3 is 0 Å². The summed E-state index contributed by atoms with van der Waals surface area (Å²) in [5.41, 5.74) is 3.95. The first-order valence-corrected chi connectivity index (χ1v) is 9.86. The summed E-state index contributed by atoms with van der Waals surface area (Å²) in [5, 5.41) is 7.76. The molecule has 142 valence electrons. The van der Waals surface area contributed by atoms with Gasteiger partial charge in [0.2, 0.25) is 11.8 Å². The highest BCUT2D eigenvalue weighted by atomic mass is 32.1. The summed E-state index contributed by atoms with van der Waals surface area (Å²) in [7, 11) is 0. The molecular weight excluding hydrogens is 377 g/mol. The molecule has 28 heavy (non-hydrogen) atoms. The minimum atomic E-state index is -0.680. The van der Waals surface area contributed by atoms with Crippen LogP contribution in [-0.4, -0.2) is 16.8 Å². The molecule has 2 N–H and O–H groups in total. The maximum Gasteiger partial charge on any atom is 0.234 e. The lowest BCUT2D eigenvalue weighted by Gasteiger charge is -2.24. The van der Waals surface area contributed by atoms with E-state index >= 15 is 0 Å². The second-order valence-corrected chi connectivity index (χ2v) is 7.47. The number of halogens is 1. The van der Waals surface area contributed by atoms with Crippen molar-refractivity contribution >= 4 is 34.0 Å². The third-order valence-corrected chi connectivity index (χ3v) is 5.52. The minimum absolute atomic E-state index is 0.0151. The molecule has 3 aromatic rings. The van der Waals surface area contributed by atoms with Crippen molar-refractivity contribution in [2.24, 2.45) is 0 Å². The number of thiazole rings is 1. The standard InChI is InChI=1S/C21H18FN3O2S/c1-2-12-3-5-13(6-4-12)18-11-28-21(24-18)25-20(27)16-10-19(26)23-17-9-14(22)7-8-15(16)17/h3-9,11,16H,2,10H2,1H3,(H,23,26)(H,24,25,27). The summed E-state index contributed by atoms with van der Waals surface area (Å²) in [6, 6.07) is 12.2. The number of amides is 2. The SMILES string of the molecule is CCc1ccc(-c2csc(NC(=O)C3CC(=O)Nc4cc(F)ccc43)n2)cc1. The van der Waals surface area contributed by atoms with E-state index in [0.717, 1.165) is 17.7 Å². The molecular formula is C21H18FN3O2S. The monoisotopic (exact) mass is 395 g/mol. The first-order chi connectivity index (χ1) is 13.5. The molecule has 0 saturated carbocycles. The van der Waals surface area contributed by atoms with E-state index in [9.17, 15) is 14.0 Å². The molecule has 0 aliphatic carbocycles. The van der Waals surface area contributed by atoms with E-state index in [-0.39, 0.29) is 18.2 Å². The van der Waals surface area contributed by atoms with Crippen molar-refractivity contribution in [3.8, 4) is 11.3 Å². The number of carbonyl (C=O) groups excluding carboxylic acids is 2. The Bertz CT molecular complexity index is 1050. The molecule has 1 unspecified atom stereocenters. The number of anilines is 2. The molecule has 4 rings (SSSR count). The number of benzene rings is 2. The summed E-state index contributed by atoms with van der Waals surface area (Å²) in [4.78, 5) is 29.2. The van der Waals surface area contributed by atoms with E-state index in [2.05, 4.69) is 34.7 Å². The Morgan fingerprint density at radius 1 is 1.29 bits per heavy atom. The van der Waals surface area contributed by atoms with Gasteiger partial charge in [0.25, 0.3) is 0 Å². The average molecular weight is 395 g/mol. The normalized spacial score (nSPS) is 15.6. The molecule has 5 nitrogen and oxygen atoms in total. The maximum absolute atomic E-state index is 13.4. The molecule has 7 heteroatoms. The Kier molecular flexibility index (Phi) is 4.92. The Labute approximate surface area is 165 Å². The lowest BCUT2D eigenvalue weighted by atomic mass is 9.90. The Balaban J connectivity index is 1.53. The van der Waals surface area contributed by atoms with Gasteiger partial charge in [0, 0.05) is 23.1 Å². The van der Waals surface area contributed by atoms with Crippen LogP contribution in [0.3, 0.4) is 0 Å². The van der Waals surface area contributed by atoms with Gasteiger partial charge in [-0.1, -0.05) is 37.3 Å². The number of aryl methyl sites for hydroxylation is 1. The highest BCUT2D eigenvalue weighted by Crippen LogP contribution is 2.34. The molecule has 1 atom stereocenters. The van der Waals surface area contributed by atoms with Crippen molar-refractivity contribution in [1.82, 2.24) is 4.98 Å². The van der Waals surface area contributed by atoms with E-state index < -0.39 is 11.7 Å². The Morgan fingerprint density at radius 3 is 2.82 bits per heavy atom. The number of fused-ring (bicyclic) bond motifs is 1. The number of hydrogen-bond acceptors (Lipinski definition) is 4. The van der Waals surface area contributed by atoms with Crippen molar-refractivity contribution in [3.05, 3.63) is 64.8 Å². The van der Waals surface area contributed by atoms with Crippen LogP contribution in [0.1, 0.15) is 30.4 Å². The predicted molar refractivity (Wildman–Crippen MR) is 108 cm³/mol. The zero-order chi connectivity index (χ0) is 19.7. The highest BCUT2D eigenvalue weighted by Gasteiger charge is 2.31. The molecule has 0 spiro atoms. The number of nitrogens with one attached hydrogen (secondary N) is 2. The van der Waals surface area contributed by atoms with Crippen LogP contribution in [0, 0.1) is 5.82 Å². The smallest absolute Gasteiger partial charge is 0.234 e. The van der Waals surface area contributed by atoms with Gasteiger partial charge in [0.15, 0.2) is 5.13 Å². The van der Waals surface area contributed by atoms with E-state index in [1.807, 2.05) is 17.5 Å². The molecule has 1 aliphatic heterocycles. The molecule has 1 aliphatic rings. The van der Waals surface area contributed by atoms with E-state index in [1.165, 1.54) is 35.1 Å². The van der Waals surface area contributed by atoms with E-state index in [1.54, 1.807) is 0 Å². The summed E-state index contributed by atoms with van der Waals surface area (Å²) >= 11 is 1.33. The molecule has 1 aromatic heterocycles. The lowest BCUT2D eigenvalue weighted by molar-refractivity contribution is -0.123. The first kappa shape index (κ1) is 18.3. The van der Waals surface area contributed by atoms with E-state index in [4.69, 9.17) is 0 Å². The van der Waals surface area contributed by atoms with Crippen molar-refractivity contribution in [2.75, 3.05) is 10.6 Å². The Hall–Kier alpha value is -3.06. The van der Waals surface area contributed by atoms with Gasteiger partial charge in [-0.15, -0.1) is 11.3 Å². The maximum atomic E-state index is 13.4. The molecule has 0 saturated heterocycles. The fourth-order valence-electron chi connectivity index (χ4n) is 3.24. The summed E-state index contributed by atoms with van der Waals surface area (Å²) in [6.07, 6.45) is 0.986. The van der Waals surface area contributed by atoms with Crippen molar-refractivity contribution in [1.29, 1.82) is 0 Å². The Morgan fingerprint density at radius 2 is 2.07 bits per heavy atom. The predicted octanol–water partition coefficient (Wildman–Crippen LogP) is 4.58. The van der Waals surface area contributed by atoms with Crippen molar-refractivity contribution in [3.63, 3.8) is 0 Å². The fourth-order valence-corrected chi connectivity index (χ4v) is 3.96. The zero-order valence-electron chi connectivity index (χ0n) is 15.2. The number of nitrogens with zero attached hydrogens (tertiary/aromatic N) is 1. The second kappa shape index (κ2) is 7.52. The van der Waals surface area contributed by atoms with Crippen LogP contribution in [-0.2, 0) is 16.0 Å². The minimum Gasteiger partial charge on any atom is -0.326 e. The molecule has 2 aromatic carbocycles.